The lowest BCUT2D eigenvalue weighted by atomic mass is 10.0. The van der Waals surface area contributed by atoms with E-state index in [9.17, 15) is 14.4 Å². The maximum absolute atomic E-state index is 13.4. The lowest BCUT2D eigenvalue weighted by Crippen LogP contribution is -2.36. The molecule has 0 aliphatic carbocycles. The molecule has 1 fully saturated rings. The first kappa shape index (κ1) is 22.1. The number of rotatable bonds is 8. The smallest absolute Gasteiger partial charge is 0.328 e. The second-order valence-corrected chi connectivity index (χ2v) is 7.63. The molecule has 0 aromatic heterocycles. The fraction of sp³-hybridized carbons (Fsp3) is 0.192. The molecule has 0 radical (unpaired) electrons. The predicted octanol–water partition coefficient (Wildman–Crippen LogP) is 4.09. The van der Waals surface area contributed by atoms with Crippen LogP contribution in [0.15, 0.2) is 78.9 Å². The van der Waals surface area contributed by atoms with E-state index in [1.54, 1.807) is 18.2 Å². The Balaban J connectivity index is 1.62. The van der Waals surface area contributed by atoms with Crippen LogP contribution < -0.4 is 9.47 Å². The third-order valence-corrected chi connectivity index (χ3v) is 5.61. The van der Waals surface area contributed by atoms with Crippen molar-refractivity contribution in [3.8, 4) is 11.5 Å². The highest BCUT2D eigenvalue weighted by molar-refractivity contribution is 6.09. The van der Waals surface area contributed by atoms with Crippen LogP contribution in [0.2, 0.25) is 0 Å². The molecule has 7 nitrogen and oxygen atoms in total. The highest BCUT2D eigenvalue weighted by Crippen LogP contribution is 2.33. The summed E-state index contributed by atoms with van der Waals surface area (Å²) in [6.45, 7) is -0.103. The number of amides is 3. The summed E-state index contributed by atoms with van der Waals surface area (Å²) in [4.78, 5) is 42.2. The van der Waals surface area contributed by atoms with Gasteiger partial charge in [-0.1, -0.05) is 60.7 Å². The zero-order chi connectivity index (χ0) is 23.4. The number of imide groups is 1. The average molecular weight is 444 g/mol. The Morgan fingerprint density at radius 1 is 0.848 bits per heavy atom. The topological polar surface area (TPSA) is 76.2 Å². The van der Waals surface area contributed by atoms with Crippen molar-refractivity contribution in [3.63, 3.8) is 0 Å². The molecule has 7 heteroatoms. The largest absolute Gasteiger partial charge is 0.493 e. The summed E-state index contributed by atoms with van der Waals surface area (Å²) in [5.74, 6) is 0.0952. The van der Waals surface area contributed by atoms with Gasteiger partial charge < -0.3 is 14.4 Å². The molecule has 33 heavy (non-hydrogen) atoms. The average Bonchev–Trinajstić information content (AvgIpc) is 3.08. The highest BCUT2D eigenvalue weighted by Gasteiger charge is 2.46. The molecule has 1 aliphatic rings. The molecular weight excluding hydrogens is 420 g/mol. The first-order valence-electron chi connectivity index (χ1n) is 10.5. The van der Waals surface area contributed by atoms with E-state index < -0.39 is 18.0 Å². The minimum Gasteiger partial charge on any atom is -0.493 e. The number of urea groups is 1. The van der Waals surface area contributed by atoms with Crippen molar-refractivity contribution in [2.75, 3.05) is 20.8 Å². The van der Waals surface area contributed by atoms with Crippen molar-refractivity contribution in [3.05, 3.63) is 95.6 Å². The molecule has 1 unspecified atom stereocenters. The lowest BCUT2D eigenvalue weighted by molar-refractivity contribution is -0.128. The van der Waals surface area contributed by atoms with Gasteiger partial charge in [0.25, 0.3) is 5.91 Å². The maximum atomic E-state index is 13.4. The monoisotopic (exact) mass is 444 g/mol. The molecule has 0 bridgehead atoms. The standard InChI is InChI=1S/C26H24N2O5/c1-32-22-14-13-20(15-23(22)33-2)21(29)17-28-25(30)24(19-11-7-4-8-12-19)27(26(28)31)16-18-9-5-3-6-10-18/h3-15,24H,16-17H2,1-2H3. The van der Waals surface area contributed by atoms with E-state index in [1.807, 2.05) is 60.7 Å². The fourth-order valence-electron chi connectivity index (χ4n) is 3.93. The predicted molar refractivity (Wildman–Crippen MR) is 122 cm³/mol. The highest BCUT2D eigenvalue weighted by atomic mass is 16.5. The Bertz CT molecular complexity index is 1160. The molecule has 0 spiro atoms. The summed E-state index contributed by atoms with van der Waals surface area (Å²) >= 11 is 0. The van der Waals surface area contributed by atoms with E-state index in [0.717, 1.165) is 10.5 Å². The van der Waals surface area contributed by atoms with Gasteiger partial charge in [-0.15, -0.1) is 0 Å². The molecule has 1 saturated heterocycles. The second-order valence-electron chi connectivity index (χ2n) is 7.63. The van der Waals surface area contributed by atoms with E-state index in [1.165, 1.54) is 19.1 Å². The van der Waals surface area contributed by atoms with Crippen molar-refractivity contribution in [1.82, 2.24) is 9.80 Å². The molecule has 1 aliphatic heterocycles. The van der Waals surface area contributed by atoms with E-state index in [4.69, 9.17) is 9.47 Å². The Kier molecular flexibility index (Phi) is 6.40. The lowest BCUT2D eigenvalue weighted by Gasteiger charge is -2.22. The third-order valence-electron chi connectivity index (χ3n) is 5.61. The number of hydrogen-bond acceptors (Lipinski definition) is 5. The Morgan fingerprint density at radius 2 is 1.48 bits per heavy atom. The van der Waals surface area contributed by atoms with Gasteiger partial charge in [-0.05, 0) is 29.3 Å². The number of hydrogen-bond donors (Lipinski definition) is 0. The van der Waals surface area contributed by atoms with Crippen molar-refractivity contribution < 1.29 is 23.9 Å². The van der Waals surface area contributed by atoms with Gasteiger partial charge in [0.2, 0.25) is 0 Å². The molecule has 1 heterocycles. The van der Waals surface area contributed by atoms with E-state index >= 15 is 0 Å². The first-order valence-corrected chi connectivity index (χ1v) is 10.5. The molecule has 3 amide bonds. The van der Waals surface area contributed by atoms with Crippen LogP contribution in [0, 0.1) is 0 Å². The number of nitrogens with zero attached hydrogens (tertiary/aromatic N) is 2. The summed E-state index contributed by atoms with van der Waals surface area (Å²) in [5.41, 5.74) is 1.92. The van der Waals surface area contributed by atoms with Crippen LogP contribution in [-0.2, 0) is 11.3 Å². The molecule has 1 atom stereocenters. The quantitative estimate of drug-likeness (QED) is 0.386. The summed E-state index contributed by atoms with van der Waals surface area (Å²) in [6.07, 6.45) is 0. The van der Waals surface area contributed by atoms with Gasteiger partial charge in [0.1, 0.15) is 6.04 Å². The van der Waals surface area contributed by atoms with Crippen molar-refractivity contribution in [2.45, 2.75) is 12.6 Å². The van der Waals surface area contributed by atoms with Crippen LogP contribution in [-0.4, -0.2) is 48.3 Å². The summed E-state index contributed by atoms with van der Waals surface area (Å²) in [5, 5.41) is 0. The molecule has 168 valence electrons. The summed E-state index contributed by atoms with van der Waals surface area (Å²) < 4.78 is 10.5. The van der Waals surface area contributed by atoms with Gasteiger partial charge in [-0.25, -0.2) is 4.79 Å². The van der Waals surface area contributed by atoms with Crippen LogP contribution in [0.5, 0.6) is 11.5 Å². The number of benzene rings is 3. The number of carbonyl (C=O) groups is 3. The zero-order valence-corrected chi connectivity index (χ0v) is 18.4. The number of carbonyl (C=O) groups excluding carboxylic acids is 3. The van der Waals surface area contributed by atoms with Crippen molar-refractivity contribution >= 4 is 17.7 Å². The third kappa shape index (κ3) is 4.43. The molecule has 0 saturated carbocycles. The van der Waals surface area contributed by atoms with Gasteiger partial charge >= 0.3 is 6.03 Å². The number of ether oxygens (including phenoxy) is 2. The normalized spacial score (nSPS) is 15.6. The van der Waals surface area contributed by atoms with Gasteiger partial charge in [0.15, 0.2) is 17.3 Å². The molecule has 4 rings (SSSR count). The SMILES string of the molecule is COc1ccc(C(=O)CN2C(=O)C(c3ccccc3)N(Cc3ccccc3)C2=O)cc1OC. The number of ketones is 1. The van der Waals surface area contributed by atoms with Crippen LogP contribution in [0.1, 0.15) is 27.5 Å². The van der Waals surface area contributed by atoms with Crippen LogP contribution in [0.4, 0.5) is 4.79 Å². The van der Waals surface area contributed by atoms with E-state index in [-0.39, 0.29) is 18.9 Å². The van der Waals surface area contributed by atoms with Gasteiger partial charge in [-0.3, -0.25) is 14.5 Å². The Labute approximate surface area is 192 Å². The van der Waals surface area contributed by atoms with Crippen molar-refractivity contribution in [2.24, 2.45) is 0 Å². The molecule has 3 aromatic carbocycles. The van der Waals surface area contributed by atoms with Crippen LogP contribution in [0.25, 0.3) is 0 Å². The number of Topliss-reactive ketones (excluding diaryl/α,β-unsaturated/α-hetero) is 1. The Hall–Kier alpha value is -4.13. The van der Waals surface area contributed by atoms with Gasteiger partial charge in [0.05, 0.1) is 20.8 Å². The zero-order valence-electron chi connectivity index (χ0n) is 18.4. The first-order chi connectivity index (χ1) is 16.0. The minimum atomic E-state index is -0.794. The van der Waals surface area contributed by atoms with E-state index in [0.29, 0.717) is 22.6 Å². The Morgan fingerprint density at radius 3 is 2.12 bits per heavy atom. The van der Waals surface area contributed by atoms with Crippen molar-refractivity contribution in [1.29, 1.82) is 0 Å². The van der Waals surface area contributed by atoms with Gasteiger partial charge in [0, 0.05) is 12.1 Å². The molecular formula is C26H24N2O5. The fourth-order valence-corrected chi connectivity index (χ4v) is 3.93. The van der Waals surface area contributed by atoms with E-state index in [2.05, 4.69) is 0 Å². The second kappa shape index (κ2) is 9.56. The summed E-state index contributed by atoms with van der Waals surface area (Å²) in [7, 11) is 2.98. The minimum absolute atomic E-state index is 0.256. The van der Waals surface area contributed by atoms with Crippen LogP contribution >= 0.6 is 0 Å². The number of methoxy groups -OCH3 is 2. The summed E-state index contributed by atoms with van der Waals surface area (Å²) in [6, 6.07) is 22.0. The van der Waals surface area contributed by atoms with Gasteiger partial charge in [-0.2, -0.15) is 0 Å². The molecule has 0 N–H and O–H groups in total. The molecule has 3 aromatic rings. The maximum Gasteiger partial charge on any atom is 0.328 e. The van der Waals surface area contributed by atoms with Crippen LogP contribution in [0.3, 0.4) is 0 Å².